The molecule has 0 bridgehead atoms. The Kier molecular flexibility index (Phi) is 36.0. The van der Waals surface area contributed by atoms with Crippen molar-refractivity contribution < 1.29 is 109 Å². The summed E-state index contributed by atoms with van der Waals surface area (Å²) < 4.78 is 183. The maximum absolute atomic E-state index is 14.5. The third-order valence-corrected chi connectivity index (χ3v) is 31.6. The molecule has 8 heterocycles. The second-order valence-electron chi connectivity index (χ2n) is 36.4. The van der Waals surface area contributed by atoms with Crippen LogP contribution < -0.4 is 10.6 Å². The molecule has 0 saturated carbocycles. The molecule has 21 nitrogen and oxygen atoms in total. The fourth-order valence-corrected chi connectivity index (χ4v) is 23.0. The average Bonchev–Trinajstić information content (AvgIpc) is 1.64. The van der Waals surface area contributed by atoms with Gasteiger partial charge in [0.2, 0.25) is 0 Å². The molecule has 2 N–H and O–H groups in total. The third-order valence-electron chi connectivity index (χ3n) is 26.5. The van der Waals surface area contributed by atoms with E-state index in [1.54, 1.807) is 101 Å². The van der Waals surface area contributed by atoms with E-state index in [9.17, 15) is 86.4 Å². The zero-order valence-electron chi connectivity index (χ0n) is 78.3. The normalized spacial score (nSPS) is 22.8. The van der Waals surface area contributed by atoms with Gasteiger partial charge in [0.15, 0.2) is 18.7 Å². The van der Waals surface area contributed by atoms with Gasteiger partial charge in [0.1, 0.15) is 47.0 Å². The van der Waals surface area contributed by atoms with Crippen LogP contribution in [0.25, 0.3) is 0 Å². The van der Waals surface area contributed by atoms with Crippen molar-refractivity contribution in [3.63, 3.8) is 0 Å². The molecule has 17 rings (SSSR count). The average molecular weight is 2260 g/mol. The topological polar surface area (TPSA) is 249 Å². The minimum Gasteiger partial charge on any atom is -0.338 e. The summed E-state index contributed by atoms with van der Waals surface area (Å²) in [6.07, 6.45) is -19.2. The van der Waals surface area contributed by atoms with Gasteiger partial charge in [0.05, 0.1) is 65.9 Å². The molecule has 0 radical (unpaired) electrons. The zero-order chi connectivity index (χ0) is 106. The Morgan fingerprint density at radius 2 is 0.728 bits per heavy atom. The van der Waals surface area contributed by atoms with Crippen molar-refractivity contribution in [2.24, 2.45) is 31.8 Å². The van der Waals surface area contributed by atoms with Crippen molar-refractivity contribution in [2.75, 3.05) is 77.8 Å². The maximum atomic E-state index is 14.5. The number of nitrogens with zero attached hydrogens (tertiary/aromatic N) is 7. The van der Waals surface area contributed by atoms with Crippen LogP contribution in [0.15, 0.2) is 184 Å². The van der Waals surface area contributed by atoms with Crippen molar-refractivity contribution >= 4 is 201 Å². The molecule has 0 aromatic heterocycles. The third kappa shape index (κ3) is 25.2. The predicted octanol–water partition coefficient (Wildman–Crippen LogP) is 25.9. The number of amides is 4. The minimum atomic E-state index is -4.63. The standard InChI is InChI=1S/C30H25Cl2F3N4O5.C24H21Cl3F3NO2S.C24H22Cl2F3N3O3.C24H22Cl2F3NO2S.CH4/c1-17-9-19(25-13-29(16-36-25,30(33,34)35)20-10-21(31)12-22(32)11-20)5-8-24(17)27(40)37-26-15-44-38(28(26)41)14-18-3-6-23(7-4-18)39(42)43-2;1-13-5-15(3-4-17(13)21(32)6-14-10-33-34(2)11-14)20-9-23(12-31-20,24(28,29)30)16-7-18(25)22(27)19(26)8-16;1-3-32-22(34)20(11-35-32)31-21(33)18-5-4-14(6-13(18)2)19-10-23(12-30-19,24(27,28)29)15-7-16(25)9-17(26)8-15;1-14-5-16(3-4-20(14)22(31)6-15-11-32-33(2)12-15)21-10-23(13-30-21,24(27,28)29)17-7-18(25)9-19(26)8-17;/h3-12,26H,13-16H2,1-2H3;3-5,7-8,14H,2,6,9-12H2,1H3;4-9,20H,3,10-12H2,1-2H3,(H,31,33);3-5,7-9,15H,2,6,10-13H2,1H3;1H4/p+1/t26-,29?;;;;/m1..../s1. The summed E-state index contributed by atoms with van der Waals surface area (Å²) in [5.41, 5.74) is -0.916. The molecule has 147 heavy (non-hydrogen) atoms. The Bertz CT molecular complexity index is 6770. The van der Waals surface area contributed by atoms with Crippen LogP contribution in [0.3, 0.4) is 0 Å². The van der Waals surface area contributed by atoms with Gasteiger partial charge in [-0.25, -0.2) is 15.0 Å². The van der Waals surface area contributed by atoms with E-state index in [-0.39, 0.29) is 187 Å². The number of ketones is 2. The summed E-state index contributed by atoms with van der Waals surface area (Å²) >= 11 is 54.0. The Balaban J connectivity index is 0.000000165. The Hall–Kier alpha value is -9.67. The Morgan fingerprint density at radius 3 is 1.00 bits per heavy atom. The molecular formula is C103H95Cl9F12N9O12S2+. The summed E-state index contributed by atoms with van der Waals surface area (Å²) in [5.74, 6) is 7.78. The van der Waals surface area contributed by atoms with Gasteiger partial charge in [0, 0.05) is 156 Å². The molecule has 44 heteroatoms. The first-order valence-electron chi connectivity index (χ1n) is 45.0. The second-order valence-corrected chi connectivity index (χ2v) is 43.1. The van der Waals surface area contributed by atoms with Crippen LogP contribution in [0.1, 0.15) is 167 Å². The molecule has 9 aromatic rings. The van der Waals surface area contributed by atoms with E-state index >= 15 is 0 Å². The smallest absolute Gasteiger partial charge is 0.338 e. The summed E-state index contributed by atoms with van der Waals surface area (Å²) in [6.45, 7) is 8.14. The van der Waals surface area contributed by atoms with Crippen molar-refractivity contribution in [1.82, 2.24) is 20.8 Å². The SMILES string of the molecule is C.C=S1CC(CC(=O)c2ccc(C3=NCC(c4cc(Cl)c(Cl)c(Cl)c4)(C(F)(F)F)C3)cc2C)CO1.C=S1CC(CC(=O)c2ccc(C3=NCC(c4cc(Cl)cc(Cl)c4)(C(F)(F)F)C3)cc2C)CO1.CCN1OCC(NC(=O)c2ccc(C3=NCC(c4cc(Cl)cc(Cl)c4)(C(F)(F)F)C3)cc2C)C1=O.CO[N+](=O)c1ccc(CN2OC[C@@H](NC(=O)c3ccc(C4=NCC(c5cc(Cl)cc(Cl)c5)(C(F)(F)F)C4)cc3C)C2=O)cc1. The van der Waals surface area contributed by atoms with Crippen LogP contribution in [0, 0.1) is 44.4 Å². The molecule has 8 aliphatic heterocycles. The first kappa shape index (κ1) is 114. The van der Waals surface area contributed by atoms with Gasteiger partial charge in [0.25, 0.3) is 28.6 Å². The lowest BCUT2D eigenvalue weighted by Gasteiger charge is -2.32. The molecule has 4 amide bonds. The highest BCUT2D eigenvalue weighted by Crippen LogP contribution is 2.55. The van der Waals surface area contributed by atoms with Gasteiger partial charge >= 0.3 is 30.4 Å². The molecule has 782 valence electrons. The van der Waals surface area contributed by atoms with E-state index in [0.29, 0.717) is 116 Å². The fourth-order valence-electron chi connectivity index (χ4n) is 18.4. The van der Waals surface area contributed by atoms with Gasteiger partial charge in [-0.1, -0.05) is 182 Å². The number of nitrogens with one attached hydrogen (secondary N) is 2. The number of hydrogen-bond acceptors (Lipinski definition) is 16. The lowest BCUT2D eigenvalue weighted by Crippen LogP contribution is -2.43. The fraction of sp³-hybridized carbons (Fsp3) is 0.359. The Morgan fingerprint density at radius 1 is 0.435 bits per heavy atom. The van der Waals surface area contributed by atoms with Crippen LogP contribution in [0.5, 0.6) is 0 Å². The number of rotatable bonds is 23. The van der Waals surface area contributed by atoms with E-state index in [4.69, 9.17) is 122 Å². The number of hydroxylamine groups is 4. The molecule has 4 saturated heterocycles. The van der Waals surface area contributed by atoms with Crippen LogP contribution in [-0.4, -0.2) is 199 Å². The molecule has 9 unspecified atom stereocenters. The van der Waals surface area contributed by atoms with Crippen molar-refractivity contribution in [1.29, 1.82) is 0 Å². The highest BCUT2D eigenvalue weighted by molar-refractivity contribution is 8.10. The van der Waals surface area contributed by atoms with Crippen LogP contribution in [-0.2, 0) is 60.7 Å². The van der Waals surface area contributed by atoms with Gasteiger partial charge in [-0.3, -0.25) is 58.4 Å². The van der Waals surface area contributed by atoms with Gasteiger partial charge in [-0.2, -0.15) is 52.7 Å². The van der Waals surface area contributed by atoms with Gasteiger partial charge in [-0.15, -0.1) is 0 Å². The second kappa shape index (κ2) is 46.3. The molecule has 10 atom stereocenters. The van der Waals surface area contributed by atoms with Crippen LogP contribution >= 0.6 is 126 Å². The van der Waals surface area contributed by atoms with Gasteiger partial charge < -0.3 is 19.0 Å². The molecule has 4 fully saturated rings. The number of aryl methyl sites for hydroxylation is 4. The number of alkyl halides is 12. The maximum Gasteiger partial charge on any atom is 0.400 e. The molecule has 8 aliphatic rings. The summed E-state index contributed by atoms with van der Waals surface area (Å²) in [4.78, 5) is 121. The highest BCUT2D eigenvalue weighted by Gasteiger charge is 2.63. The molecule has 0 aliphatic carbocycles. The quantitative estimate of drug-likeness (QED) is 0.0199. The number of benzene rings is 9. The zero-order valence-corrected chi connectivity index (χ0v) is 86.8. The highest BCUT2D eigenvalue weighted by atomic mass is 35.5. The number of carbonyl (C=O) groups excluding carboxylic acids is 6. The van der Waals surface area contributed by atoms with E-state index in [1.807, 2.05) is 0 Å². The summed E-state index contributed by atoms with van der Waals surface area (Å²) in [6, 6.07) is 38.3. The monoisotopic (exact) mass is 2260 g/mol. The lowest BCUT2D eigenvalue weighted by atomic mass is 9.76. The summed E-state index contributed by atoms with van der Waals surface area (Å²) in [7, 11) is 0.542. The lowest BCUT2D eigenvalue weighted by molar-refractivity contribution is -0.736. The first-order chi connectivity index (χ1) is 68.6. The van der Waals surface area contributed by atoms with E-state index in [1.165, 1.54) is 109 Å². The number of hydrogen-bond donors (Lipinski definition) is 2. The Labute approximate surface area is 888 Å². The number of halogens is 21. The summed E-state index contributed by atoms with van der Waals surface area (Å²) in [5, 5.41) is 8.25. The first-order valence-corrected chi connectivity index (χ1v) is 51.4. The van der Waals surface area contributed by atoms with Crippen molar-refractivity contribution in [3.05, 3.63) is 308 Å². The molecular weight excluding hydrogens is 2170 g/mol. The van der Waals surface area contributed by atoms with Crippen molar-refractivity contribution in [3.8, 4) is 0 Å². The number of carbonyl (C=O) groups is 6. The largest absolute Gasteiger partial charge is 0.400 e. The van der Waals surface area contributed by atoms with Gasteiger partial charge in [-0.05, 0) is 222 Å². The van der Waals surface area contributed by atoms with E-state index in [2.05, 4.69) is 47.2 Å². The predicted molar refractivity (Wildman–Crippen MR) is 552 cm³/mol. The van der Waals surface area contributed by atoms with Crippen molar-refractivity contribution in [2.45, 2.75) is 146 Å². The minimum absolute atomic E-state index is 0. The molecule has 9 aromatic carbocycles. The van der Waals surface area contributed by atoms with E-state index < -0.39 is 109 Å². The number of likely N-dealkylation sites (N-methyl/N-ethyl adjacent to an activating group) is 1. The molecule has 0 spiro atoms. The van der Waals surface area contributed by atoms with E-state index in [0.717, 1.165) is 16.6 Å². The van der Waals surface area contributed by atoms with Crippen LogP contribution in [0.2, 0.25) is 45.2 Å². The number of Topliss-reactive ketones (excluding diaryl/α,β-unsaturated/α-hetero) is 2. The number of aliphatic imine (C=N–C) groups is 4. The van der Waals surface area contributed by atoms with Crippen LogP contribution in [0.4, 0.5) is 58.4 Å².